The molecule has 0 saturated carbocycles. The molecule has 0 radical (unpaired) electrons. The largest absolute Gasteiger partial charge is 0.381 e. The van der Waals surface area contributed by atoms with Crippen LogP contribution in [0, 0.1) is 0 Å². The average molecular weight is 268 g/mol. The lowest BCUT2D eigenvalue weighted by Crippen LogP contribution is -2.07. The molecule has 0 spiro atoms. The quantitative estimate of drug-likeness (QED) is 0.250. The molecule has 0 bridgehead atoms. The van der Waals surface area contributed by atoms with E-state index in [9.17, 15) is 4.79 Å². The van der Waals surface area contributed by atoms with Crippen LogP contribution in [0.15, 0.2) is 12.2 Å². The predicted octanol–water partition coefficient (Wildman–Crippen LogP) is 5.07. The summed E-state index contributed by atoms with van der Waals surface area (Å²) in [5.74, 6) is 0. The summed E-state index contributed by atoms with van der Waals surface area (Å²) in [7, 11) is 1.80. The zero-order valence-electron chi connectivity index (χ0n) is 12.9. The van der Waals surface area contributed by atoms with Gasteiger partial charge < -0.3 is 9.53 Å². The van der Waals surface area contributed by atoms with Crippen LogP contribution in [0.4, 0.5) is 0 Å². The number of hydrogen-bond acceptors (Lipinski definition) is 2. The van der Waals surface area contributed by atoms with Gasteiger partial charge in [0.2, 0.25) is 0 Å². The van der Waals surface area contributed by atoms with Gasteiger partial charge in [0.1, 0.15) is 6.29 Å². The maximum absolute atomic E-state index is 10.1. The molecule has 2 heteroatoms. The normalized spacial score (nSPS) is 12.9. The SMILES string of the molecule is CCC(CCC/C=C\CCCCCCCC=O)OC. The Morgan fingerprint density at radius 3 is 2.05 bits per heavy atom. The number of aldehydes is 1. The van der Waals surface area contributed by atoms with Crippen molar-refractivity contribution in [3.63, 3.8) is 0 Å². The first-order valence-electron chi connectivity index (χ1n) is 7.96. The number of carbonyl (C=O) groups is 1. The van der Waals surface area contributed by atoms with Gasteiger partial charge in [0, 0.05) is 13.5 Å². The third kappa shape index (κ3) is 13.6. The van der Waals surface area contributed by atoms with Gasteiger partial charge in [-0.2, -0.15) is 0 Å². The molecule has 1 atom stereocenters. The second-order valence-electron chi connectivity index (χ2n) is 5.18. The lowest BCUT2D eigenvalue weighted by atomic mass is 10.1. The van der Waals surface area contributed by atoms with E-state index in [0.29, 0.717) is 6.10 Å². The van der Waals surface area contributed by atoms with Crippen LogP contribution in [0.3, 0.4) is 0 Å². The number of allylic oxidation sites excluding steroid dienone is 2. The first-order valence-corrected chi connectivity index (χ1v) is 7.96. The highest BCUT2D eigenvalue weighted by Gasteiger charge is 2.01. The topological polar surface area (TPSA) is 26.3 Å². The predicted molar refractivity (Wildman–Crippen MR) is 82.5 cm³/mol. The molecule has 112 valence electrons. The minimum absolute atomic E-state index is 0.444. The number of hydrogen-bond donors (Lipinski definition) is 0. The highest BCUT2D eigenvalue weighted by atomic mass is 16.5. The molecule has 0 aromatic rings. The Bertz CT molecular complexity index is 207. The average Bonchev–Trinajstić information content (AvgIpc) is 2.44. The van der Waals surface area contributed by atoms with Crippen molar-refractivity contribution in [2.45, 2.75) is 83.7 Å². The Labute approximate surface area is 119 Å². The van der Waals surface area contributed by atoms with Crippen molar-refractivity contribution >= 4 is 6.29 Å². The number of unbranched alkanes of at least 4 members (excludes halogenated alkanes) is 7. The van der Waals surface area contributed by atoms with Crippen molar-refractivity contribution in [1.82, 2.24) is 0 Å². The summed E-state index contributed by atoms with van der Waals surface area (Å²) in [6.45, 7) is 2.18. The van der Waals surface area contributed by atoms with Gasteiger partial charge in [-0.25, -0.2) is 0 Å². The lowest BCUT2D eigenvalue weighted by molar-refractivity contribution is -0.107. The number of rotatable bonds is 14. The van der Waals surface area contributed by atoms with Gasteiger partial charge in [0.25, 0.3) is 0 Å². The van der Waals surface area contributed by atoms with Gasteiger partial charge in [-0.15, -0.1) is 0 Å². The summed E-state index contributed by atoms with van der Waals surface area (Å²) in [4.78, 5) is 10.1. The van der Waals surface area contributed by atoms with Crippen molar-refractivity contribution < 1.29 is 9.53 Å². The van der Waals surface area contributed by atoms with Gasteiger partial charge in [0.05, 0.1) is 6.10 Å². The van der Waals surface area contributed by atoms with Crippen LogP contribution >= 0.6 is 0 Å². The van der Waals surface area contributed by atoms with E-state index in [1.165, 1.54) is 51.4 Å². The maximum Gasteiger partial charge on any atom is 0.119 e. The first-order chi connectivity index (χ1) is 9.35. The third-order valence-electron chi connectivity index (χ3n) is 3.54. The van der Waals surface area contributed by atoms with Gasteiger partial charge in [-0.05, 0) is 44.9 Å². The van der Waals surface area contributed by atoms with Crippen LogP contribution in [0.25, 0.3) is 0 Å². The molecular weight excluding hydrogens is 236 g/mol. The zero-order chi connectivity index (χ0) is 14.2. The molecule has 2 nitrogen and oxygen atoms in total. The van der Waals surface area contributed by atoms with Crippen molar-refractivity contribution in [3.05, 3.63) is 12.2 Å². The van der Waals surface area contributed by atoms with E-state index in [-0.39, 0.29) is 0 Å². The molecule has 0 heterocycles. The molecule has 0 aliphatic carbocycles. The van der Waals surface area contributed by atoms with Crippen LogP contribution in [-0.4, -0.2) is 19.5 Å². The monoisotopic (exact) mass is 268 g/mol. The standard InChI is InChI=1S/C17H32O2/c1-3-17(19-2)15-13-11-9-7-5-4-6-8-10-12-14-16-18/h7,9,16-17H,3-6,8,10-15H2,1-2H3/b9-7-. The molecule has 0 saturated heterocycles. The molecule has 0 amide bonds. The molecule has 19 heavy (non-hydrogen) atoms. The Hall–Kier alpha value is -0.630. The fraction of sp³-hybridized carbons (Fsp3) is 0.824. The zero-order valence-corrected chi connectivity index (χ0v) is 12.9. The number of carbonyl (C=O) groups excluding carboxylic acids is 1. The van der Waals surface area contributed by atoms with Crippen molar-refractivity contribution in [2.75, 3.05) is 7.11 Å². The molecule has 0 aromatic heterocycles. The summed E-state index contributed by atoms with van der Waals surface area (Å²) < 4.78 is 5.35. The summed E-state index contributed by atoms with van der Waals surface area (Å²) >= 11 is 0. The minimum atomic E-state index is 0.444. The first kappa shape index (κ1) is 18.4. The minimum Gasteiger partial charge on any atom is -0.381 e. The maximum atomic E-state index is 10.1. The highest BCUT2D eigenvalue weighted by molar-refractivity contribution is 5.48. The molecule has 0 N–H and O–H groups in total. The summed E-state index contributed by atoms with van der Waals surface area (Å²) in [6.07, 6.45) is 18.9. The molecule has 0 rings (SSSR count). The summed E-state index contributed by atoms with van der Waals surface area (Å²) in [6, 6.07) is 0. The van der Waals surface area contributed by atoms with Gasteiger partial charge in [-0.3, -0.25) is 0 Å². The van der Waals surface area contributed by atoms with Crippen LogP contribution in [0.2, 0.25) is 0 Å². The highest BCUT2D eigenvalue weighted by Crippen LogP contribution is 2.09. The second-order valence-corrected chi connectivity index (χ2v) is 5.18. The Morgan fingerprint density at radius 1 is 0.895 bits per heavy atom. The molecule has 0 aliphatic rings. The van der Waals surface area contributed by atoms with Gasteiger partial charge in [0.15, 0.2) is 0 Å². The van der Waals surface area contributed by atoms with E-state index in [4.69, 9.17) is 4.74 Å². The third-order valence-corrected chi connectivity index (χ3v) is 3.54. The van der Waals surface area contributed by atoms with Crippen LogP contribution in [0.5, 0.6) is 0 Å². The molecule has 0 aliphatic heterocycles. The molecule has 0 aromatic carbocycles. The molecular formula is C17H32O2. The van der Waals surface area contributed by atoms with E-state index in [1.807, 2.05) is 0 Å². The van der Waals surface area contributed by atoms with Crippen molar-refractivity contribution in [1.29, 1.82) is 0 Å². The second kappa shape index (κ2) is 15.4. The lowest BCUT2D eigenvalue weighted by Gasteiger charge is -2.11. The Kier molecular flexibility index (Phi) is 14.9. The van der Waals surface area contributed by atoms with Crippen LogP contribution in [0.1, 0.15) is 77.6 Å². The Balaban J connectivity index is 3.19. The van der Waals surface area contributed by atoms with Crippen molar-refractivity contribution in [2.24, 2.45) is 0 Å². The van der Waals surface area contributed by atoms with E-state index < -0.39 is 0 Å². The van der Waals surface area contributed by atoms with E-state index in [0.717, 1.165) is 25.5 Å². The number of methoxy groups -OCH3 is 1. The fourth-order valence-corrected chi connectivity index (χ4v) is 2.21. The fourth-order valence-electron chi connectivity index (χ4n) is 2.21. The van der Waals surface area contributed by atoms with Crippen molar-refractivity contribution in [3.8, 4) is 0 Å². The van der Waals surface area contributed by atoms with Crippen LogP contribution < -0.4 is 0 Å². The van der Waals surface area contributed by atoms with Crippen LogP contribution in [-0.2, 0) is 9.53 Å². The molecule has 1 unspecified atom stereocenters. The van der Waals surface area contributed by atoms with Gasteiger partial charge >= 0.3 is 0 Å². The van der Waals surface area contributed by atoms with E-state index in [2.05, 4.69) is 19.1 Å². The smallest absolute Gasteiger partial charge is 0.119 e. The van der Waals surface area contributed by atoms with E-state index >= 15 is 0 Å². The molecule has 0 fully saturated rings. The van der Waals surface area contributed by atoms with E-state index in [1.54, 1.807) is 7.11 Å². The summed E-state index contributed by atoms with van der Waals surface area (Å²) in [5.41, 5.74) is 0. The Morgan fingerprint density at radius 2 is 1.47 bits per heavy atom. The number of ether oxygens (including phenoxy) is 1. The van der Waals surface area contributed by atoms with Gasteiger partial charge in [-0.1, -0.05) is 38.3 Å². The summed E-state index contributed by atoms with van der Waals surface area (Å²) in [5, 5.41) is 0.